The van der Waals surface area contributed by atoms with E-state index in [1.54, 1.807) is 0 Å². The Hall–Kier alpha value is -0.770. The molecule has 2 amide bonds. The number of hydrazine groups is 1. The summed E-state index contributed by atoms with van der Waals surface area (Å²) in [5.74, 6) is 5.38. The van der Waals surface area contributed by atoms with Crippen LogP contribution in [0.25, 0.3) is 0 Å². The average Bonchev–Trinajstić information content (AvgIpc) is 2.67. The molecule has 0 aromatic carbocycles. The van der Waals surface area contributed by atoms with E-state index in [2.05, 4.69) is 0 Å². The summed E-state index contributed by atoms with van der Waals surface area (Å²) < 4.78 is 0. The number of carbonyl (C=O) groups is 1. The van der Waals surface area contributed by atoms with Gasteiger partial charge >= 0.3 is 6.03 Å². The smallest absolute Gasteiger partial charge is 0.319 e. The fourth-order valence-corrected chi connectivity index (χ4v) is 1.30. The van der Waals surface area contributed by atoms with Gasteiger partial charge in [-0.2, -0.15) is 0 Å². The highest BCUT2D eigenvalue weighted by Gasteiger charge is 2.37. The Morgan fingerprint density at radius 3 is 2.50 bits per heavy atom. The van der Waals surface area contributed by atoms with Crippen LogP contribution in [0.1, 0.15) is 12.8 Å². The van der Waals surface area contributed by atoms with Crippen molar-refractivity contribution in [2.75, 3.05) is 13.1 Å². The standard InChI is InChI=1S/C6H11N3O/c7-9-4-3-8(6(9)10)5-1-2-5/h5H,1-4,7H2. The van der Waals surface area contributed by atoms with Crippen LogP contribution in [0, 0.1) is 0 Å². The predicted molar refractivity (Wildman–Crippen MR) is 36.0 cm³/mol. The van der Waals surface area contributed by atoms with Crippen molar-refractivity contribution in [1.29, 1.82) is 0 Å². The zero-order chi connectivity index (χ0) is 7.14. The summed E-state index contributed by atoms with van der Waals surface area (Å²) in [6, 6.07) is 0.517. The van der Waals surface area contributed by atoms with Gasteiger partial charge < -0.3 is 4.90 Å². The summed E-state index contributed by atoms with van der Waals surface area (Å²) in [6.07, 6.45) is 2.33. The molecule has 0 atom stereocenters. The Bertz CT molecular complexity index is 166. The molecule has 0 aromatic heterocycles. The number of hydrogen-bond acceptors (Lipinski definition) is 2. The van der Waals surface area contributed by atoms with E-state index in [0.717, 1.165) is 6.54 Å². The van der Waals surface area contributed by atoms with Crippen molar-refractivity contribution in [2.24, 2.45) is 5.84 Å². The van der Waals surface area contributed by atoms with Crippen LogP contribution < -0.4 is 5.84 Å². The van der Waals surface area contributed by atoms with Crippen molar-refractivity contribution >= 4 is 6.03 Å². The quantitative estimate of drug-likeness (QED) is 0.404. The molecule has 10 heavy (non-hydrogen) atoms. The van der Waals surface area contributed by atoms with Gasteiger partial charge in [0.25, 0.3) is 0 Å². The largest absolute Gasteiger partial charge is 0.334 e. The number of nitrogens with two attached hydrogens (primary N) is 1. The molecular weight excluding hydrogens is 130 g/mol. The van der Waals surface area contributed by atoms with Crippen molar-refractivity contribution in [2.45, 2.75) is 18.9 Å². The van der Waals surface area contributed by atoms with E-state index in [4.69, 9.17) is 5.84 Å². The van der Waals surface area contributed by atoms with Gasteiger partial charge in [-0.25, -0.2) is 10.6 Å². The molecule has 0 unspecified atom stereocenters. The first-order valence-corrected chi connectivity index (χ1v) is 3.62. The zero-order valence-corrected chi connectivity index (χ0v) is 5.79. The van der Waals surface area contributed by atoms with Crippen LogP contribution in [0.2, 0.25) is 0 Å². The molecule has 2 rings (SSSR count). The van der Waals surface area contributed by atoms with Crippen LogP contribution in [-0.2, 0) is 0 Å². The van der Waals surface area contributed by atoms with E-state index < -0.39 is 0 Å². The number of carbonyl (C=O) groups excluding carboxylic acids is 1. The van der Waals surface area contributed by atoms with E-state index in [1.807, 2.05) is 4.90 Å². The molecule has 0 radical (unpaired) electrons. The van der Waals surface area contributed by atoms with Crippen LogP contribution in [-0.4, -0.2) is 35.1 Å². The Morgan fingerprint density at radius 1 is 1.40 bits per heavy atom. The average molecular weight is 141 g/mol. The maximum absolute atomic E-state index is 11.1. The molecule has 0 aromatic rings. The Balaban J connectivity index is 2.03. The second-order valence-corrected chi connectivity index (χ2v) is 2.90. The summed E-state index contributed by atoms with van der Waals surface area (Å²) in [6.45, 7) is 1.51. The first-order valence-electron chi connectivity index (χ1n) is 3.62. The molecule has 56 valence electrons. The number of nitrogens with zero attached hydrogens (tertiary/aromatic N) is 2. The normalized spacial score (nSPS) is 26.3. The monoisotopic (exact) mass is 141 g/mol. The molecule has 1 aliphatic heterocycles. The summed E-state index contributed by atoms with van der Waals surface area (Å²) in [4.78, 5) is 13.0. The minimum Gasteiger partial charge on any atom is -0.319 e. The lowest BCUT2D eigenvalue weighted by Gasteiger charge is -2.13. The summed E-state index contributed by atoms with van der Waals surface area (Å²) in [5.41, 5.74) is 0. The van der Waals surface area contributed by atoms with Gasteiger partial charge in [0.05, 0.1) is 6.54 Å². The Morgan fingerprint density at radius 2 is 2.10 bits per heavy atom. The fourth-order valence-electron chi connectivity index (χ4n) is 1.30. The Kier molecular flexibility index (Phi) is 1.11. The number of hydrogen-bond donors (Lipinski definition) is 1. The van der Waals surface area contributed by atoms with Gasteiger partial charge in [0.15, 0.2) is 0 Å². The second kappa shape index (κ2) is 1.85. The van der Waals surface area contributed by atoms with Crippen LogP contribution in [0.4, 0.5) is 4.79 Å². The number of amides is 2. The molecule has 0 bridgehead atoms. The number of urea groups is 1. The number of rotatable bonds is 1. The summed E-state index contributed by atoms with van der Waals surface area (Å²) in [5, 5.41) is 1.29. The molecule has 2 fully saturated rings. The molecule has 0 spiro atoms. The van der Waals surface area contributed by atoms with Crippen LogP contribution in [0.5, 0.6) is 0 Å². The van der Waals surface area contributed by atoms with Crippen LogP contribution in [0.3, 0.4) is 0 Å². The van der Waals surface area contributed by atoms with Crippen molar-refractivity contribution in [3.63, 3.8) is 0 Å². The van der Waals surface area contributed by atoms with Crippen LogP contribution >= 0.6 is 0 Å². The maximum atomic E-state index is 11.1. The highest BCUT2D eigenvalue weighted by atomic mass is 16.2. The highest BCUT2D eigenvalue weighted by molar-refractivity contribution is 5.76. The molecule has 4 heteroatoms. The van der Waals surface area contributed by atoms with Crippen LogP contribution in [0.15, 0.2) is 0 Å². The summed E-state index contributed by atoms with van der Waals surface area (Å²) >= 11 is 0. The van der Waals surface area contributed by atoms with Gasteiger partial charge in [-0.1, -0.05) is 0 Å². The summed E-state index contributed by atoms with van der Waals surface area (Å²) in [7, 11) is 0. The molecule has 1 heterocycles. The second-order valence-electron chi connectivity index (χ2n) is 2.90. The van der Waals surface area contributed by atoms with Crippen molar-refractivity contribution in [3.05, 3.63) is 0 Å². The fraction of sp³-hybridized carbons (Fsp3) is 0.833. The third-order valence-electron chi connectivity index (χ3n) is 2.06. The van der Waals surface area contributed by atoms with Gasteiger partial charge in [-0.3, -0.25) is 5.01 Å². The van der Waals surface area contributed by atoms with Gasteiger partial charge in [-0.05, 0) is 12.8 Å². The third-order valence-corrected chi connectivity index (χ3v) is 2.06. The van der Waals surface area contributed by atoms with E-state index in [9.17, 15) is 4.79 Å². The first-order chi connectivity index (χ1) is 4.79. The van der Waals surface area contributed by atoms with Gasteiger partial charge in [0.2, 0.25) is 0 Å². The van der Waals surface area contributed by atoms with Gasteiger partial charge in [0.1, 0.15) is 0 Å². The van der Waals surface area contributed by atoms with Crippen molar-refractivity contribution < 1.29 is 4.79 Å². The van der Waals surface area contributed by atoms with Crippen molar-refractivity contribution in [3.8, 4) is 0 Å². The minimum atomic E-state index is 0.00231. The van der Waals surface area contributed by atoms with Crippen molar-refractivity contribution in [1.82, 2.24) is 9.91 Å². The van der Waals surface area contributed by atoms with Gasteiger partial charge in [-0.15, -0.1) is 0 Å². The molecular formula is C6H11N3O. The van der Waals surface area contributed by atoms with Gasteiger partial charge in [0, 0.05) is 12.6 Å². The topological polar surface area (TPSA) is 49.6 Å². The molecule has 2 N–H and O–H groups in total. The van der Waals surface area contributed by atoms with E-state index in [-0.39, 0.29) is 6.03 Å². The SMILES string of the molecule is NN1CCN(C2CC2)C1=O. The zero-order valence-electron chi connectivity index (χ0n) is 5.79. The lowest BCUT2D eigenvalue weighted by molar-refractivity contribution is 0.191. The van der Waals surface area contributed by atoms with E-state index >= 15 is 0 Å². The first kappa shape index (κ1) is 5.97. The molecule has 1 saturated carbocycles. The lowest BCUT2D eigenvalue weighted by Crippen LogP contribution is -2.37. The minimum absolute atomic E-state index is 0.00231. The molecule has 4 nitrogen and oxygen atoms in total. The maximum Gasteiger partial charge on any atom is 0.334 e. The predicted octanol–water partition coefficient (Wildman–Crippen LogP) is -0.240. The Labute approximate surface area is 59.5 Å². The van der Waals surface area contributed by atoms with E-state index in [1.165, 1.54) is 17.9 Å². The third kappa shape index (κ3) is 0.759. The van der Waals surface area contributed by atoms with E-state index in [0.29, 0.717) is 12.6 Å². The molecule has 1 aliphatic carbocycles. The molecule has 2 aliphatic rings. The highest BCUT2D eigenvalue weighted by Crippen LogP contribution is 2.28. The molecule has 1 saturated heterocycles. The lowest BCUT2D eigenvalue weighted by atomic mass is 10.5.